The smallest absolute Gasteiger partial charge is 0.338 e. The van der Waals surface area contributed by atoms with E-state index in [1.165, 1.54) is 12.7 Å². The molecule has 0 heterocycles. The van der Waals surface area contributed by atoms with Gasteiger partial charge in [-0.1, -0.05) is 24.3 Å². The van der Waals surface area contributed by atoms with Gasteiger partial charge in [0.25, 0.3) is 0 Å². The lowest BCUT2D eigenvalue weighted by atomic mass is 9.80. The van der Waals surface area contributed by atoms with Crippen molar-refractivity contribution in [3.05, 3.63) is 35.4 Å². The molecule has 0 saturated carbocycles. The van der Waals surface area contributed by atoms with E-state index in [1.807, 2.05) is 24.3 Å². The molecular formula is C12H14O3. The van der Waals surface area contributed by atoms with Gasteiger partial charge in [-0.3, -0.25) is 0 Å². The van der Waals surface area contributed by atoms with Gasteiger partial charge in [0.05, 0.1) is 7.11 Å². The summed E-state index contributed by atoms with van der Waals surface area (Å²) in [6.45, 7) is 0. The van der Waals surface area contributed by atoms with Gasteiger partial charge >= 0.3 is 5.97 Å². The largest absolute Gasteiger partial charge is 0.467 e. The quantitative estimate of drug-likeness (QED) is 0.699. The van der Waals surface area contributed by atoms with E-state index in [1.54, 1.807) is 0 Å². The summed E-state index contributed by atoms with van der Waals surface area (Å²) >= 11 is 0. The third-order valence-electron chi connectivity index (χ3n) is 2.97. The molecule has 0 spiro atoms. The second kappa shape index (κ2) is 3.66. The van der Waals surface area contributed by atoms with Crippen LogP contribution in [0.2, 0.25) is 0 Å². The molecule has 2 rings (SSSR count). The van der Waals surface area contributed by atoms with Crippen molar-refractivity contribution in [3.63, 3.8) is 0 Å². The van der Waals surface area contributed by atoms with E-state index in [4.69, 9.17) is 0 Å². The van der Waals surface area contributed by atoms with Crippen molar-refractivity contribution >= 4 is 5.97 Å². The number of hydrogen-bond acceptors (Lipinski definition) is 3. The van der Waals surface area contributed by atoms with Gasteiger partial charge in [0, 0.05) is 6.42 Å². The molecule has 80 valence electrons. The van der Waals surface area contributed by atoms with Crippen LogP contribution in [0, 0.1) is 0 Å². The summed E-state index contributed by atoms with van der Waals surface area (Å²) in [6.07, 6.45) is 1.52. The first-order valence-electron chi connectivity index (χ1n) is 5.03. The first-order chi connectivity index (χ1) is 7.15. The van der Waals surface area contributed by atoms with Crippen LogP contribution < -0.4 is 0 Å². The van der Waals surface area contributed by atoms with E-state index in [0.29, 0.717) is 12.8 Å². The Bertz CT molecular complexity index is 386. The lowest BCUT2D eigenvalue weighted by Gasteiger charge is -2.30. The first-order valence-corrected chi connectivity index (χ1v) is 5.03. The average Bonchev–Trinajstić information content (AvgIpc) is 2.27. The minimum Gasteiger partial charge on any atom is -0.467 e. The SMILES string of the molecule is COC(=O)[C@@]1(O)CCc2ccccc2C1. The van der Waals surface area contributed by atoms with E-state index in [2.05, 4.69) is 4.74 Å². The molecule has 1 aromatic rings. The molecule has 3 heteroatoms. The second-order valence-electron chi connectivity index (χ2n) is 3.97. The maximum absolute atomic E-state index is 11.4. The van der Waals surface area contributed by atoms with E-state index < -0.39 is 11.6 Å². The predicted molar refractivity (Wildman–Crippen MR) is 55.4 cm³/mol. The Balaban J connectivity index is 2.28. The van der Waals surface area contributed by atoms with Gasteiger partial charge in [-0.25, -0.2) is 4.79 Å². The van der Waals surface area contributed by atoms with Crippen LogP contribution in [0.1, 0.15) is 17.5 Å². The van der Waals surface area contributed by atoms with Gasteiger partial charge < -0.3 is 9.84 Å². The van der Waals surface area contributed by atoms with Crippen LogP contribution in [-0.2, 0) is 22.4 Å². The van der Waals surface area contributed by atoms with Crippen molar-refractivity contribution in [2.24, 2.45) is 0 Å². The Labute approximate surface area is 88.7 Å². The molecule has 0 aromatic heterocycles. The third kappa shape index (κ3) is 1.75. The highest BCUT2D eigenvalue weighted by Gasteiger charge is 2.40. The van der Waals surface area contributed by atoms with E-state index in [-0.39, 0.29) is 0 Å². The molecule has 0 amide bonds. The fourth-order valence-corrected chi connectivity index (χ4v) is 2.08. The summed E-state index contributed by atoms with van der Waals surface area (Å²) in [6, 6.07) is 7.87. The summed E-state index contributed by atoms with van der Waals surface area (Å²) < 4.78 is 4.62. The topological polar surface area (TPSA) is 46.5 Å². The highest BCUT2D eigenvalue weighted by atomic mass is 16.5. The second-order valence-corrected chi connectivity index (χ2v) is 3.97. The summed E-state index contributed by atoms with van der Waals surface area (Å²) in [5.74, 6) is -0.531. The number of rotatable bonds is 1. The highest BCUT2D eigenvalue weighted by Crippen LogP contribution is 2.29. The zero-order chi connectivity index (χ0) is 10.9. The number of benzene rings is 1. The summed E-state index contributed by atoms with van der Waals surface area (Å²) in [5.41, 5.74) is 0.922. The molecule has 0 bridgehead atoms. The predicted octanol–water partition coefficient (Wildman–Crippen LogP) is 1.08. The molecule has 0 aliphatic heterocycles. The third-order valence-corrected chi connectivity index (χ3v) is 2.97. The van der Waals surface area contributed by atoms with Crippen molar-refractivity contribution in [2.45, 2.75) is 24.9 Å². The molecule has 0 unspecified atom stereocenters. The van der Waals surface area contributed by atoms with Crippen molar-refractivity contribution in [1.29, 1.82) is 0 Å². The lowest BCUT2D eigenvalue weighted by Crippen LogP contribution is -2.44. The zero-order valence-electron chi connectivity index (χ0n) is 8.69. The van der Waals surface area contributed by atoms with Crippen molar-refractivity contribution < 1.29 is 14.6 Å². The molecule has 15 heavy (non-hydrogen) atoms. The molecule has 1 aromatic carbocycles. The van der Waals surface area contributed by atoms with Crippen LogP contribution in [-0.4, -0.2) is 23.8 Å². The van der Waals surface area contributed by atoms with Gasteiger partial charge in [0.2, 0.25) is 0 Å². The molecular weight excluding hydrogens is 192 g/mol. The summed E-state index contributed by atoms with van der Waals surface area (Å²) in [4.78, 5) is 11.4. The Morgan fingerprint density at radius 3 is 2.73 bits per heavy atom. The van der Waals surface area contributed by atoms with Crippen LogP contribution in [0.3, 0.4) is 0 Å². The molecule has 3 nitrogen and oxygen atoms in total. The number of hydrogen-bond donors (Lipinski definition) is 1. The molecule has 1 N–H and O–H groups in total. The maximum Gasteiger partial charge on any atom is 0.338 e. The van der Waals surface area contributed by atoms with Gasteiger partial charge in [-0.05, 0) is 24.0 Å². The Kier molecular flexibility index (Phi) is 2.49. The fraction of sp³-hybridized carbons (Fsp3) is 0.417. The Morgan fingerprint density at radius 1 is 1.40 bits per heavy atom. The van der Waals surface area contributed by atoms with Crippen LogP contribution in [0.4, 0.5) is 0 Å². The number of esters is 1. The first kappa shape index (κ1) is 10.2. The van der Waals surface area contributed by atoms with Gasteiger partial charge in [0.1, 0.15) is 0 Å². The lowest BCUT2D eigenvalue weighted by molar-refractivity contribution is -0.163. The van der Waals surface area contributed by atoms with Crippen LogP contribution in [0.25, 0.3) is 0 Å². The number of methoxy groups -OCH3 is 1. The van der Waals surface area contributed by atoms with E-state index in [0.717, 1.165) is 12.0 Å². The van der Waals surface area contributed by atoms with E-state index >= 15 is 0 Å². The van der Waals surface area contributed by atoms with Gasteiger partial charge in [-0.2, -0.15) is 0 Å². The normalized spacial score (nSPS) is 24.4. The Hall–Kier alpha value is -1.35. The minimum absolute atomic E-state index is 0.357. The van der Waals surface area contributed by atoms with Crippen molar-refractivity contribution in [1.82, 2.24) is 0 Å². The van der Waals surface area contributed by atoms with Crippen LogP contribution in [0.5, 0.6) is 0 Å². The zero-order valence-corrected chi connectivity index (χ0v) is 8.69. The summed E-state index contributed by atoms with van der Waals surface area (Å²) in [5, 5.41) is 10.1. The number of aryl methyl sites for hydroxylation is 1. The number of fused-ring (bicyclic) bond motifs is 1. The molecule has 1 aliphatic rings. The monoisotopic (exact) mass is 206 g/mol. The molecule has 1 aliphatic carbocycles. The standard InChI is InChI=1S/C12H14O3/c1-15-11(13)12(14)7-6-9-4-2-3-5-10(9)8-12/h2-5,14H,6-8H2,1H3/t12-/m1/s1. The maximum atomic E-state index is 11.4. The molecule has 0 radical (unpaired) electrons. The minimum atomic E-state index is -1.33. The number of ether oxygens (including phenoxy) is 1. The molecule has 0 fully saturated rings. The van der Waals surface area contributed by atoms with Crippen molar-refractivity contribution in [2.75, 3.05) is 7.11 Å². The number of carbonyl (C=O) groups is 1. The number of carbonyl (C=O) groups excluding carboxylic acids is 1. The fourth-order valence-electron chi connectivity index (χ4n) is 2.08. The summed E-state index contributed by atoms with van der Waals surface area (Å²) in [7, 11) is 1.31. The number of aliphatic hydroxyl groups is 1. The van der Waals surface area contributed by atoms with E-state index in [9.17, 15) is 9.90 Å². The average molecular weight is 206 g/mol. The Morgan fingerprint density at radius 2 is 2.07 bits per heavy atom. The molecule has 0 saturated heterocycles. The van der Waals surface area contributed by atoms with Gasteiger partial charge in [-0.15, -0.1) is 0 Å². The molecule has 1 atom stereocenters. The van der Waals surface area contributed by atoms with Crippen molar-refractivity contribution in [3.8, 4) is 0 Å². The van der Waals surface area contributed by atoms with Gasteiger partial charge in [0.15, 0.2) is 5.60 Å². The van der Waals surface area contributed by atoms with Crippen LogP contribution in [0.15, 0.2) is 24.3 Å². The van der Waals surface area contributed by atoms with Crippen LogP contribution >= 0.6 is 0 Å². The highest BCUT2D eigenvalue weighted by molar-refractivity contribution is 5.80.